The number of ether oxygens (including phenoxy) is 2. The number of imidazole rings is 1. The third-order valence-corrected chi connectivity index (χ3v) is 6.32. The van der Waals surface area contributed by atoms with Crippen molar-refractivity contribution in [2.75, 3.05) is 7.11 Å². The van der Waals surface area contributed by atoms with Crippen LogP contribution in [-0.2, 0) is 22.7 Å². The third kappa shape index (κ3) is 7.09. The number of hydrogen-bond acceptors (Lipinski definition) is 5. The van der Waals surface area contributed by atoms with Gasteiger partial charge in [0.25, 0.3) is 0 Å². The first-order chi connectivity index (χ1) is 18.8. The monoisotopic (exact) mass is 524 g/mol. The molecule has 1 aromatic heterocycles. The van der Waals surface area contributed by atoms with E-state index >= 15 is 0 Å². The normalized spacial score (nSPS) is 11.6. The molecule has 3 aromatic carbocycles. The van der Waals surface area contributed by atoms with Crippen molar-refractivity contribution in [3.8, 4) is 17.0 Å². The summed E-state index contributed by atoms with van der Waals surface area (Å²) in [5, 5.41) is 9.19. The minimum Gasteiger partial charge on any atom is -0.497 e. The number of hydrogen-bond donors (Lipinski definition) is 1. The van der Waals surface area contributed by atoms with Crippen molar-refractivity contribution in [2.24, 2.45) is 0 Å². The molecular formula is C32H32N2O5. The van der Waals surface area contributed by atoms with E-state index in [4.69, 9.17) is 14.5 Å². The molecule has 7 nitrogen and oxygen atoms in total. The fourth-order valence-corrected chi connectivity index (χ4v) is 3.89. The lowest BCUT2D eigenvalue weighted by atomic mass is 10.1. The molecule has 0 radical (unpaired) electrons. The maximum atomic E-state index is 13.4. The highest BCUT2D eigenvalue weighted by molar-refractivity contribution is 6.07. The molecule has 0 aliphatic heterocycles. The molecule has 0 saturated heterocycles. The Kier molecular flexibility index (Phi) is 8.74. The van der Waals surface area contributed by atoms with Crippen LogP contribution in [0, 0.1) is 0 Å². The van der Waals surface area contributed by atoms with Gasteiger partial charge in [0.15, 0.2) is 11.4 Å². The number of benzene rings is 3. The van der Waals surface area contributed by atoms with E-state index in [-0.39, 0.29) is 12.4 Å². The molecule has 7 heteroatoms. The van der Waals surface area contributed by atoms with E-state index in [0.29, 0.717) is 30.1 Å². The fourth-order valence-electron chi connectivity index (χ4n) is 3.89. The number of nitrogens with zero attached hydrogens (tertiary/aromatic N) is 2. The summed E-state index contributed by atoms with van der Waals surface area (Å²) in [6.07, 6.45) is 6.69. The molecule has 1 N–H and O–H groups in total. The van der Waals surface area contributed by atoms with Gasteiger partial charge in [-0.2, -0.15) is 0 Å². The van der Waals surface area contributed by atoms with Crippen LogP contribution in [0.4, 0.5) is 0 Å². The summed E-state index contributed by atoms with van der Waals surface area (Å²) in [7, 11) is 1.58. The highest BCUT2D eigenvalue weighted by Gasteiger charge is 2.27. The van der Waals surface area contributed by atoms with Crippen LogP contribution in [0.1, 0.15) is 47.6 Å². The minimum absolute atomic E-state index is 0.163. The number of carbonyl (C=O) groups is 2. The number of carboxylic acid groups (broad SMARTS) is 1. The molecule has 0 aliphatic carbocycles. The molecule has 0 unspecified atom stereocenters. The molecule has 0 atom stereocenters. The third-order valence-electron chi connectivity index (χ3n) is 6.32. The van der Waals surface area contributed by atoms with E-state index in [9.17, 15) is 14.7 Å². The Morgan fingerprint density at radius 2 is 1.74 bits per heavy atom. The number of carboxylic acids is 1. The topological polar surface area (TPSA) is 90.6 Å². The Bertz CT molecular complexity index is 1450. The van der Waals surface area contributed by atoms with Gasteiger partial charge in [0.1, 0.15) is 5.75 Å². The van der Waals surface area contributed by atoms with Crippen LogP contribution < -0.4 is 4.74 Å². The zero-order chi connectivity index (χ0) is 27.8. The average molecular weight is 525 g/mol. The zero-order valence-electron chi connectivity index (χ0n) is 22.3. The molecule has 200 valence electrons. The smallest absolute Gasteiger partial charge is 0.335 e. The van der Waals surface area contributed by atoms with Crippen molar-refractivity contribution < 1.29 is 24.2 Å². The lowest BCUT2D eigenvalue weighted by molar-refractivity contribution is -0.162. The van der Waals surface area contributed by atoms with Gasteiger partial charge in [-0.25, -0.2) is 9.78 Å². The van der Waals surface area contributed by atoms with Gasteiger partial charge < -0.3 is 19.1 Å². The largest absolute Gasteiger partial charge is 0.497 e. The van der Waals surface area contributed by atoms with Gasteiger partial charge in [-0.1, -0.05) is 78.9 Å². The molecule has 1 heterocycles. The van der Waals surface area contributed by atoms with Crippen LogP contribution in [0.5, 0.6) is 5.75 Å². The zero-order valence-corrected chi connectivity index (χ0v) is 22.3. The summed E-state index contributed by atoms with van der Waals surface area (Å²) in [4.78, 5) is 29.3. The summed E-state index contributed by atoms with van der Waals surface area (Å²) < 4.78 is 12.7. The first-order valence-corrected chi connectivity index (χ1v) is 12.7. The van der Waals surface area contributed by atoms with Crippen molar-refractivity contribution in [3.05, 3.63) is 114 Å². The minimum atomic E-state index is -1.24. The highest BCUT2D eigenvalue weighted by Crippen LogP contribution is 2.22. The number of aromatic nitrogens is 2. The second kappa shape index (κ2) is 12.4. The molecule has 0 amide bonds. The summed E-state index contributed by atoms with van der Waals surface area (Å²) >= 11 is 0. The molecule has 0 saturated carbocycles. The first-order valence-electron chi connectivity index (χ1n) is 12.7. The van der Waals surface area contributed by atoms with E-state index in [1.165, 1.54) is 13.8 Å². The number of allylic oxidation sites excluding steroid dienone is 1. The van der Waals surface area contributed by atoms with Crippen LogP contribution in [0.25, 0.3) is 17.3 Å². The van der Waals surface area contributed by atoms with Gasteiger partial charge in [0.2, 0.25) is 5.78 Å². The summed E-state index contributed by atoms with van der Waals surface area (Å²) in [5.41, 5.74) is 2.89. The molecule has 4 rings (SSSR count). The Hall–Kier alpha value is -4.49. The highest BCUT2D eigenvalue weighted by atomic mass is 16.5. The van der Waals surface area contributed by atoms with Crippen molar-refractivity contribution in [1.82, 2.24) is 9.55 Å². The van der Waals surface area contributed by atoms with Crippen LogP contribution in [-0.4, -0.2) is 39.1 Å². The van der Waals surface area contributed by atoms with Gasteiger partial charge >= 0.3 is 5.97 Å². The van der Waals surface area contributed by atoms with Gasteiger partial charge in [-0.3, -0.25) is 4.79 Å². The first kappa shape index (κ1) is 27.5. The van der Waals surface area contributed by atoms with E-state index in [2.05, 4.69) is 6.08 Å². The number of aryl methyl sites for hydroxylation is 1. The van der Waals surface area contributed by atoms with Crippen molar-refractivity contribution in [2.45, 2.75) is 39.0 Å². The maximum Gasteiger partial charge on any atom is 0.335 e. The average Bonchev–Trinajstić information content (AvgIpc) is 3.39. The quantitative estimate of drug-likeness (QED) is 0.220. The van der Waals surface area contributed by atoms with Gasteiger partial charge in [-0.15, -0.1) is 0 Å². The lowest BCUT2D eigenvalue weighted by Crippen LogP contribution is -2.34. The molecular weight excluding hydrogens is 492 g/mol. The van der Waals surface area contributed by atoms with Crippen LogP contribution in [0.2, 0.25) is 0 Å². The van der Waals surface area contributed by atoms with Gasteiger partial charge in [-0.05, 0) is 43.5 Å². The standard InChI is InChI=1S/C32H32N2O5/c1-32(2,31(36)37)39-22-24-17-15-23(16-18-24)10-7-8-19-34-21-28(25-11-5-4-6-12-25)33-30(34)29(35)26-13-9-14-27(20-26)38-3/h4-7,9-18,20-21H,8,19,22H2,1-3H3,(H,36,37)/b10-7+. The Morgan fingerprint density at radius 3 is 2.44 bits per heavy atom. The summed E-state index contributed by atoms with van der Waals surface area (Å²) in [6, 6.07) is 24.7. The van der Waals surface area contributed by atoms with Crippen molar-refractivity contribution in [3.63, 3.8) is 0 Å². The molecule has 0 fully saturated rings. The SMILES string of the molecule is COc1cccc(C(=O)c2nc(-c3ccccc3)cn2CC/C=C/c2ccc(COC(C)(C)C(=O)O)cc2)c1. The van der Waals surface area contributed by atoms with Crippen LogP contribution in [0.15, 0.2) is 91.1 Å². The van der Waals surface area contributed by atoms with E-state index in [1.807, 2.05) is 71.4 Å². The Morgan fingerprint density at radius 1 is 1.00 bits per heavy atom. The van der Waals surface area contributed by atoms with E-state index in [1.54, 1.807) is 31.4 Å². The van der Waals surface area contributed by atoms with Crippen LogP contribution >= 0.6 is 0 Å². The van der Waals surface area contributed by atoms with Crippen LogP contribution in [0.3, 0.4) is 0 Å². The lowest BCUT2D eigenvalue weighted by Gasteiger charge is -2.20. The predicted molar refractivity (Wildman–Crippen MR) is 151 cm³/mol. The molecule has 0 spiro atoms. The van der Waals surface area contributed by atoms with E-state index < -0.39 is 11.6 Å². The predicted octanol–water partition coefficient (Wildman–Crippen LogP) is 6.27. The van der Waals surface area contributed by atoms with Gasteiger partial charge in [0.05, 0.1) is 19.4 Å². The maximum absolute atomic E-state index is 13.4. The molecule has 0 aliphatic rings. The molecule has 4 aromatic rings. The number of ketones is 1. The Labute approximate surface area is 228 Å². The number of aliphatic carboxylic acids is 1. The summed E-state index contributed by atoms with van der Waals surface area (Å²) in [6.45, 7) is 3.87. The molecule has 0 bridgehead atoms. The number of methoxy groups -OCH3 is 1. The van der Waals surface area contributed by atoms with Gasteiger partial charge in [0, 0.05) is 23.9 Å². The second-order valence-corrected chi connectivity index (χ2v) is 9.61. The summed E-state index contributed by atoms with van der Waals surface area (Å²) in [5.74, 6) is -0.161. The Balaban J connectivity index is 1.46. The number of carbonyl (C=O) groups excluding carboxylic acids is 1. The molecule has 39 heavy (non-hydrogen) atoms. The fraction of sp³-hybridized carbons (Fsp3) is 0.219. The second-order valence-electron chi connectivity index (χ2n) is 9.61. The number of rotatable bonds is 12. The van der Waals surface area contributed by atoms with Crippen molar-refractivity contribution in [1.29, 1.82) is 0 Å². The van der Waals surface area contributed by atoms with E-state index in [0.717, 1.165) is 22.4 Å². The van der Waals surface area contributed by atoms with Crippen molar-refractivity contribution >= 4 is 17.8 Å².